The SMILES string of the molecule is N#CCC1CCC1CN1CCC2(CCOO2)CC1. The van der Waals surface area contributed by atoms with E-state index in [-0.39, 0.29) is 5.60 Å². The maximum atomic E-state index is 8.77. The number of hydrogen-bond donors (Lipinski definition) is 0. The average Bonchev–Trinajstić information content (AvgIpc) is 2.82. The summed E-state index contributed by atoms with van der Waals surface area (Å²) < 4.78 is 0. The van der Waals surface area contributed by atoms with Gasteiger partial charge in [-0.1, -0.05) is 0 Å². The van der Waals surface area contributed by atoms with Crippen molar-refractivity contribution in [3.05, 3.63) is 0 Å². The number of nitriles is 1. The van der Waals surface area contributed by atoms with Gasteiger partial charge in [-0.15, -0.1) is 0 Å². The third kappa shape index (κ3) is 2.40. The van der Waals surface area contributed by atoms with Crippen LogP contribution in [0, 0.1) is 23.2 Å². The van der Waals surface area contributed by atoms with Gasteiger partial charge < -0.3 is 4.90 Å². The first-order chi connectivity index (χ1) is 8.81. The minimum absolute atomic E-state index is 0.0299. The van der Waals surface area contributed by atoms with Gasteiger partial charge in [-0.25, -0.2) is 9.78 Å². The molecule has 4 nitrogen and oxygen atoms in total. The van der Waals surface area contributed by atoms with Gasteiger partial charge in [0.1, 0.15) is 5.60 Å². The predicted molar refractivity (Wildman–Crippen MR) is 66.5 cm³/mol. The van der Waals surface area contributed by atoms with Crippen LogP contribution in [-0.4, -0.2) is 36.7 Å². The van der Waals surface area contributed by atoms with Crippen molar-refractivity contribution in [2.45, 2.75) is 44.1 Å². The third-order valence-electron chi connectivity index (χ3n) is 5.07. The summed E-state index contributed by atoms with van der Waals surface area (Å²) in [6.07, 6.45) is 6.58. The van der Waals surface area contributed by atoms with E-state index in [0.717, 1.165) is 51.3 Å². The smallest absolute Gasteiger partial charge is 0.108 e. The van der Waals surface area contributed by atoms with Crippen molar-refractivity contribution in [3.63, 3.8) is 0 Å². The molecular weight excluding hydrogens is 228 g/mol. The van der Waals surface area contributed by atoms with E-state index < -0.39 is 0 Å². The van der Waals surface area contributed by atoms with Gasteiger partial charge >= 0.3 is 0 Å². The van der Waals surface area contributed by atoms with Gasteiger partial charge in [0.15, 0.2) is 0 Å². The molecule has 0 N–H and O–H groups in total. The lowest BCUT2D eigenvalue weighted by Crippen LogP contribution is -2.47. The van der Waals surface area contributed by atoms with Crippen molar-refractivity contribution < 1.29 is 9.78 Å². The summed E-state index contributed by atoms with van der Waals surface area (Å²) in [6, 6.07) is 2.32. The average molecular weight is 250 g/mol. The van der Waals surface area contributed by atoms with Gasteiger partial charge in [0.25, 0.3) is 0 Å². The van der Waals surface area contributed by atoms with Gasteiger partial charge in [0.2, 0.25) is 0 Å². The first-order valence-electron chi connectivity index (χ1n) is 7.21. The Morgan fingerprint density at radius 1 is 1.17 bits per heavy atom. The fraction of sp³-hybridized carbons (Fsp3) is 0.929. The summed E-state index contributed by atoms with van der Waals surface area (Å²) in [5.41, 5.74) is 0.0299. The summed E-state index contributed by atoms with van der Waals surface area (Å²) >= 11 is 0. The second kappa shape index (κ2) is 5.16. The third-order valence-corrected chi connectivity index (χ3v) is 5.07. The Labute approximate surface area is 109 Å². The molecule has 0 aromatic heterocycles. The molecule has 0 aromatic rings. The van der Waals surface area contributed by atoms with Crippen LogP contribution in [0.4, 0.5) is 0 Å². The fourth-order valence-electron chi connectivity index (χ4n) is 3.51. The molecule has 2 unspecified atom stereocenters. The van der Waals surface area contributed by atoms with Crippen LogP contribution in [0.1, 0.15) is 38.5 Å². The van der Waals surface area contributed by atoms with Crippen LogP contribution >= 0.6 is 0 Å². The maximum Gasteiger partial charge on any atom is 0.108 e. The zero-order valence-corrected chi connectivity index (χ0v) is 10.9. The second-order valence-electron chi connectivity index (χ2n) is 6.10. The largest absolute Gasteiger partial charge is 0.303 e. The van der Waals surface area contributed by atoms with Gasteiger partial charge in [-0.3, -0.25) is 0 Å². The van der Waals surface area contributed by atoms with Gasteiger partial charge in [-0.05, 0) is 37.5 Å². The van der Waals surface area contributed by atoms with E-state index in [1.165, 1.54) is 19.4 Å². The summed E-state index contributed by atoms with van der Waals surface area (Å²) in [4.78, 5) is 13.1. The Balaban J connectivity index is 1.44. The highest BCUT2D eigenvalue weighted by Crippen LogP contribution is 2.39. The van der Waals surface area contributed by atoms with E-state index in [1.54, 1.807) is 0 Å². The molecule has 100 valence electrons. The Morgan fingerprint density at radius 3 is 2.50 bits per heavy atom. The molecule has 1 aliphatic carbocycles. The van der Waals surface area contributed by atoms with Crippen LogP contribution in [0.5, 0.6) is 0 Å². The molecule has 3 fully saturated rings. The zero-order valence-electron chi connectivity index (χ0n) is 10.9. The molecule has 0 bridgehead atoms. The van der Waals surface area contributed by atoms with Gasteiger partial charge in [-0.2, -0.15) is 5.26 Å². The van der Waals surface area contributed by atoms with Crippen molar-refractivity contribution in [2.75, 3.05) is 26.2 Å². The van der Waals surface area contributed by atoms with Crippen LogP contribution in [0.25, 0.3) is 0 Å². The van der Waals surface area contributed by atoms with E-state index in [4.69, 9.17) is 15.0 Å². The number of rotatable bonds is 3. The number of hydrogen-bond acceptors (Lipinski definition) is 4. The van der Waals surface area contributed by atoms with Crippen LogP contribution < -0.4 is 0 Å². The van der Waals surface area contributed by atoms with E-state index in [0.29, 0.717) is 5.92 Å². The van der Waals surface area contributed by atoms with E-state index in [9.17, 15) is 0 Å². The van der Waals surface area contributed by atoms with Crippen LogP contribution in [0.15, 0.2) is 0 Å². The molecule has 2 atom stereocenters. The standard InChI is InChI=1S/C14H22N2O2/c15-7-3-12-1-2-13(12)11-16-8-4-14(5-9-16)6-10-17-18-14/h12-13H,1-6,8-11H2. The van der Waals surface area contributed by atoms with E-state index in [2.05, 4.69) is 11.0 Å². The lowest BCUT2D eigenvalue weighted by Gasteiger charge is -2.42. The number of piperidine rings is 1. The molecule has 0 amide bonds. The second-order valence-corrected chi connectivity index (χ2v) is 6.10. The monoisotopic (exact) mass is 250 g/mol. The van der Waals surface area contributed by atoms with Crippen LogP contribution in [0.2, 0.25) is 0 Å². The first-order valence-corrected chi connectivity index (χ1v) is 7.21. The van der Waals surface area contributed by atoms with Crippen LogP contribution in [-0.2, 0) is 9.78 Å². The molecule has 3 aliphatic rings. The van der Waals surface area contributed by atoms with Crippen molar-refractivity contribution in [1.29, 1.82) is 5.26 Å². The lowest BCUT2D eigenvalue weighted by molar-refractivity contribution is -0.316. The molecule has 4 heteroatoms. The molecule has 2 heterocycles. The Morgan fingerprint density at radius 2 is 1.94 bits per heavy atom. The molecule has 2 aliphatic heterocycles. The number of nitrogens with zero attached hydrogens (tertiary/aromatic N) is 2. The topological polar surface area (TPSA) is 45.5 Å². The molecule has 2 saturated heterocycles. The van der Waals surface area contributed by atoms with Crippen LogP contribution in [0.3, 0.4) is 0 Å². The summed E-state index contributed by atoms with van der Waals surface area (Å²) in [6.45, 7) is 4.19. The normalized spacial score (nSPS) is 35.3. The number of likely N-dealkylation sites (tertiary alicyclic amines) is 1. The molecule has 18 heavy (non-hydrogen) atoms. The van der Waals surface area contributed by atoms with Crippen molar-refractivity contribution in [3.8, 4) is 6.07 Å². The highest BCUT2D eigenvalue weighted by atomic mass is 17.2. The Hall–Kier alpha value is -0.630. The fourth-order valence-corrected chi connectivity index (χ4v) is 3.51. The van der Waals surface area contributed by atoms with Gasteiger partial charge in [0, 0.05) is 32.5 Å². The lowest BCUT2D eigenvalue weighted by atomic mass is 9.71. The molecule has 1 spiro atoms. The van der Waals surface area contributed by atoms with Crippen molar-refractivity contribution in [2.24, 2.45) is 11.8 Å². The summed E-state index contributed by atoms with van der Waals surface area (Å²) in [5, 5.41) is 8.77. The zero-order chi connectivity index (χ0) is 12.4. The van der Waals surface area contributed by atoms with Crippen molar-refractivity contribution >= 4 is 0 Å². The highest BCUT2D eigenvalue weighted by Gasteiger charge is 2.41. The molecule has 3 rings (SSSR count). The molecule has 0 radical (unpaired) electrons. The van der Waals surface area contributed by atoms with Crippen molar-refractivity contribution in [1.82, 2.24) is 4.90 Å². The molecule has 1 saturated carbocycles. The van der Waals surface area contributed by atoms with Gasteiger partial charge in [0.05, 0.1) is 12.7 Å². The highest BCUT2D eigenvalue weighted by molar-refractivity contribution is 4.92. The summed E-state index contributed by atoms with van der Waals surface area (Å²) in [7, 11) is 0. The minimum atomic E-state index is 0.0299. The van der Waals surface area contributed by atoms with E-state index in [1.807, 2.05) is 0 Å². The summed E-state index contributed by atoms with van der Waals surface area (Å²) in [5.74, 6) is 1.43. The predicted octanol–water partition coefficient (Wildman–Crippen LogP) is 2.11. The Bertz CT molecular complexity index is 323. The molecule has 0 aromatic carbocycles. The minimum Gasteiger partial charge on any atom is -0.303 e. The Kier molecular flexibility index (Phi) is 3.56. The maximum absolute atomic E-state index is 8.77. The molecular formula is C14H22N2O2. The van der Waals surface area contributed by atoms with E-state index >= 15 is 0 Å². The first kappa shape index (κ1) is 12.4. The quantitative estimate of drug-likeness (QED) is 0.720.